The summed E-state index contributed by atoms with van der Waals surface area (Å²) in [6.07, 6.45) is 1.90. The second-order valence-electron chi connectivity index (χ2n) is 14.3. The van der Waals surface area contributed by atoms with Crippen LogP contribution >= 0.6 is 0 Å². The number of benzene rings is 10. The van der Waals surface area contributed by atoms with Crippen molar-refractivity contribution in [2.24, 2.45) is 0 Å². The van der Waals surface area contributed by atoms with E-state index in [2.05, 4.69) is 188 Å². The van der Waals surface area contributed by atoms with Crippen molar-refractivity contribution >= 4 is 64.8 Å². The van der Waals surface area contributed by atoms with Gasteiger partial charge in [-0.3, -0.25) is 4.98 Å². The van der Waals surface area contributed by atoms with Gasteiger partial charge in [-0.1, -0.05) is 164 Å². The second-order valence-corrected chi connectivity index (χ2v) is 14.3. The molecule has 250 valence electrons. The predicted octanol–water partition coefficient (Wildman–Crippen LogP) is 14.7. The molecule has 0 bridgehead atoms. The molecule has 0 radical (unpaired) electrons. The van der Waals surface area contributed by atoms with Crippen LogP contribution in [0.3, 0.4) is 0 Å². The molecule has 0 aliphatic rings. The van der Waals surface area contributed by atoms with Crippen molar-refractivity contribution in [2.75, 3.05) is 0 Å². The quantitative estimate of drug-likeness (QED) is 0.133. The number of fused-ring (bicyclic) bond motifs is 7. The van der Waals surface area contributed by atoms with Gasteiger partial charge in [0.05, 0.1) is 5.52 Å². The van der Waals surface area contributed by atoms with Crippen LogP contribution in [-0.2, 0) is 0 Å². The zero-order valence-electron chi connectivity index (χ0n) is 29.5. The molecule has 1 heterocycles. The molecular weight excluding hydrogens is 651 g/mol. The molecule has 0 fully saturated rings. The summed E-state index contributed by atoms with van der Waals surface area (Å²) in [4.78, 5) is 4.84. The van der Waals surface area contributed by atoms with Crippen molar-refractivity contribution in [3.8, 4) is 44.5 Å². The average Bonchev–Trinajstić information content (AvgIpc) is 3.24. The van der Waals surface area contributed by atoms with E-state index in [1.54, 1.807) is 0 Å². The van der Waals surface area contributed by atoms with Crippen LogP contribution in [0.2, 0.25) is 0 Å². The van der Waals surface area contributed by atoms with E-state index in [1.807, 2.05) is 12.3 Å². The number of hydrogen-bond donors (Lipinski definition) is 0. The Morgan fingerprint density at radius 1 is 0.278 bits per heavy atom. The number of rotatable bonds is 4. The molecular formula is C53H33N. The minimum absolute atomic E-state index is 1.04. The summed E-state index contributed by atoms with van der Waals surface area (Å²) in [5, 5.41) is 13.5. The Kier molecular flexibility index (Phi) is 6.93. The number of hydrogen-bond acceptors (Lipinski definition) is 1. The maximum Gasteiger partial charge on any atom is 0.0786 e. The van der Waals surface area contributed by atoms with E-state index in [-0.39, 0.29) is 0 Å². The number of nitrogens with zero attached hydrogens (tertiary/aromatic N) is 1. The molecule has 0 atom stereocenters. The van der Waals surface area contributed by atoms with Crippen molar-refractivity contribution in [1.29, 1.82) is 0 Å². The lowest BCUT2D eigenvalue weighted by atomic mass is 9.84. The highest BCUT2D eigenvalue weighted by Gasteiger charge is 2.19. The maximum absolute atomic E-state index is 4.84. The third-order valence-electron chi connectivity index (χ3n) is 11.2. The van der Waals surface area contributed by atoms with E-state index < -0.39 is 0 Å². The molecule has 10 aromatic carbocycles. The van der Waals surface area contributed by atoms with Crippen molar-refractivity contribution in [3.63, 3.8) is 0 Å². The molecule has 11 aromatic rings. The Morgan fingerprint density at radius 3 is 1.54 bits per heavy atom. The Hall–Kier alpha value is -7.09. The molecule has 0 spiro atoms. The molecule has 11 rings (SSSR count). The Balaban J connectivity index is 1.18. The standard InChI is InChI=1S/C53H33N/c1-3-12-38-31-43(25-21-34(38)10-1)50-46-18-5-6-19-47(46)51(44-26-22-35-11-2-4-13-39(35)32-44)49-33-41(27-28-48(49)50)40-15-7-16-42(30-40)45-20-8-14-36-23-24-37-17-9-29-54-53(37)52(36)45/h1-33H. The molecule has 1 heteroatoms. The summed E-state index contributed by atoms with van der Waals surface area (Å²) in [5.41, 5.74) is 10.8. The van der Waals surface area contributed by atoms with Gasteiger partial charge in [-0.05, 0) is 123 Å². The van der Waals surface area contributed by atoms with E-state index in [0.29, 0.717) is 0 Å². The molecule has 0 aliphatic carbocycles. The topological polar surface area (TPSA) is 12.9 Å². The minimum Gasteiger partial charge on any atom is -0.256 e. The summed E-state index contributed by atoms with van der Waals surface area (Å²) >= 11 is 0. The van der Waals surface area contributed by atoms with Crippen LogP contribution in [0.25, 0.3) is 109 Å². The molecule has 0 unspecified atom stereocenters. The molecule has 0 saturated heterocycles. The third-order valence-corrected chi connectivity index (χ3v) is 11.2. The van der Waals surface area contributed by atoms with Crippen molar-refractivity contribution in [2.45, 2.75) is 0 Å². The zero-order valence-corrected chi connectivity index (χ0v) is 29.5. The second kappa shape index (κ2) is 12.3. The monoisotopic (exact) mass is 683 g/mol. The molecule has 0 saturated carbocycles. The Bertz CT molecular complexity index is 3280. The van der Waals surface area contributed by atoms with Gasteiger partial charge in [0.2, 0.25) is 0 Å². The van der Waals surface area contributed by atoms with E-state index in [4.69, 9.17) is 4.98 Å². The average molecular weight is 684 g/mol. The summed E-state index contributed by atoms with van der Waals surface area (Å²) < 4.78 is 0. The van der Waals surface area contributed by atoms with E-state index in [0.717, 1.165) is 10.9 Å². The van der Waals surface area contributed by atoms with E-state index >= 15 is 0 Å². The number of pyridine rings is 1. The van der Waals surface area contributed by atoms with Crippen LogP contribution in [0.5, 0.6) is 0 Å². The maximum atomic E-state index is 4.84. The summed E-state index contributed by atoms with van der Waals surface area (Å²) in [6, 6.07) is 71.3. The highest BCUT2D eigenvalue weighted by atomic mass is 14.6. The summed E-state index contributed by atoms with van der Waals surface area (Å²) in [6.45, 7) is 0. The normalized spacial score (nSPS) is 11.7. The van der Waals surface area contributed by atoms with Gasteiger partial charge in [-0.15, -0.1) is 0 Å². The summed E-state index contributed by atoms with van der Waals surface area (Å²) in [7, 11) is 0. The van der Waals surface area contributed by atoms with Gasteiger partial charge in [-0.25, -0.2) is 0 Å². The fourth-order valence-electron chi connectivity index (χ4n) is 8.69. The van der Waals surface area contributed by atoms with Gasteiger partial charge < -0.3 is 0 Å². The van der Waals surface area contributed by atoms with Crippen LogP contribution < -0.4 is 0 Å². The molecule has 54 heavy (non-hydrogen) atoms. The lowest BCUT2D eigenvalue weighted by Crippen LogP contribution is -1.92. The first-order chi connectivity index (χ1) is 26.8. The smallest absolute Gasteiger partial charge is 0.0786 e. The SMILES string of the molecule is c1cc(-c2ccc3c(-c4ccc5ccccc5c4)c4ccccc4c(-c4ccc5ccccc5c4)c3c2)cc(-c2cccc3ccc4cccnc4c23)c1. The molecule has 1 nitrogen and oxygen atoms in total. The van der Waals surface area contributed by atoms with Gasteiger partial charge in [-0.2, -0.15) is 0 Å². The van der Waals surface area contributed by atoms with Crippen LogP contribution in [-0.4, -0.2) is 4.98 Å². The Labute approximate surface area is 313 Å². The van der Waals surface area contributed by atoms with Crippen LogP contribution in [0.4, 0.5) is 0 Å². The van der Waals surface area contributed by atoms with E-state index in [9.17, 15) is 0 Å². The van der Waals surface area contributed by atoms with E-state index in [1.165, 1.54) is 98.4 Å². The van der Waals surface area contributed by atoms with Crippen molar-refractivity contribution in [3.05, 3.63) is 200 Å². The van der Waals surface area contributed by atoms with Crippen molar-refractivity contribution < 1.29 is 0 Å². The molecule has 0 aliphatic heterocycles. The molecule has 0 N–H and O–H groups in total. The zero-order chi connectivity index (χ0) is 35.6. The predicted molar refractivity (Wildman–Crippen MR) is 231 cm³/mol. The molecule has 1 aromatic heterocycles. The molecule has 0 amide bonds. The van der Waals surface area contributed by atoms with Crippen LogP contribution in [0, 0.1) is 0 Å². The lowest BCUT2D eigenvalue weighted by molar-refractivity contribution is 1.43. The van der Waals surface area contributed by atoms with Gasteiger partial charge in [0, 0.05) is 17.0 Å². The van der Waals surface area contributed by atoms with Crippen LogP contribution in [0.1, 0.15) is 0 Å². The largest absolute Gasteiger partial charge is 0.256 e. The summed E-state index contributed by atoms with van der Waals surface area (Å²) in [5.74, 6) is 0. The lowest BCUT2D eigenvalue weighted by Gasteiger charge is -2.19. The first kappa shape index (κ1) is 30.5. The third kappa shape index (κ3) is 4.90. The van der Waals surface area contributed by atoms with Crippen molar-refractivity contribution in [1.82, 2.24) is 4.98 Å². The first-order valence-corrected chi connectivity index (χ1v) is 18.6. The van der Waals surface area contributed by atoms with Gasteiger partial charge in [0.25, 0.3) is 0 Å². The highest BCUT2D eigenvalue weighted by Crippen LogP contribution is 2.46. The van der Waals surface area contributed by atoms with Crippen LogP contribution in [0.15, 0.2) is 200 Å². The first-order valence-electron chi connectivity index (χ1n) is 18.6. The fourth-order valence-corrected chi connectivity index (χ4v) is 8.69. The minimum atomic E-state index is 1.04. The van der Waals surface area contributed by atoms with Gasteiger partial charge >= 0.3 is 0 Å². The fraction of sp³-hybridized carbons (Fsp3) is 0. The Morgan fingerprint density at radius 2 is 0.796 bits per heavy atom. The highest BCUT2D eigenvalue weighted by molar-refractivity contribution is 6.22. The van der Waals surface area contributed by atoms with Gasteiger partial charge in [0.1, 0.15) is 0 Å². The van der Waals surface area contributed by atoms with Gasteiger partial charge in [0.15, 0.2) is 0 Å². The number of aromatic nitrogens is 1.